The van der Waals surface area contributed by atoms with E-state index in [-0.39, 0.29) is 6.61 Å². The molecule has 0 unspecified atom stereocenters. The van der Waals surface area contributed by atoms with Crippen molar-refractivity contribution in [1.82, 2.24) is 0 Å². The van der Waals surface area contributed by atoms with Gasteiger partial charge in [0.15, 0.2) is 0 Å². The van der Waals surface area contributed by atoms with Crippen LogP contribution in [-0.4, -0.2) is 23.7 Å². The number of carboxylic acid groups (broad SMARTS) is 1. The second-order valence-electron chi connectivity index (χ2n) is 3.14. The van der Waals surface area contributed by atoms with Crippen LogP contribution in [0, 0.1) is 0 Å². The van der Waals surface area contributed by atoms with Gasteiger partial charge in [0.2, 0.25) is 0 Å². The van der Waals surface area contributed by atoms with Crippen LogP contribution in [0.1, 0.15) is 12.5 Å². The largest absolute Gasteiger partial charge is 0.477 e. The summed E-state index contributed by atoms with van der Waals surface area (Å²) < 4.78 is 4.65. The van der Waals surface area contributed by atoms with Crippen LogP contribution in [-0.2, 0) is 14.3 Å². The molecule has 1 N–H and O–H groups in total. The Labute approximate surface area is 103 Å². The van der Waals surface area contributed by atoms with Crippen molar-refractivity contribution in [3.05, 3.63) is 40.4 Å². The Morgan fingerprint density at radius 1 is 1.35 bits per heavy atom. The Kier molecular flexibility index (Phi) is 4.72. The van der Waals surface area contributed by atoms with Crippen molar-refractivity contribution < 1.29 is 19.4 Å². The van der Waals surface area contributed by atoms with E-state index in [0.717, 1.165) is 0 Å². The molecule has 0 aliphatic heterocycles. The van der Waals surface area contributed by atoms with E-state index in [9.17, 15) is 9.59 Å². The van der Waals surface area contributed by atoms with Crippen molar-refractivity contribution in [3.63, 3.8) is 0 Å². The van der Waals surface area contributed by atoms with Crippen molar-refractivity contribution in [2.75, 3.05) is 6.61 Å². The summed E-state index contributed by atoms with van der Waals surface area (Å²) in [6, 6.07) is 6.45. The Balaban J connectivity index is 3.02. The van der Waals surface area contributed by atoms with Crippen LogP contribution >= 0.6 is 11.6 Å². The van der Waals surface area contributed by atoms with E-state index < -0.39 is 17.5 Å². The van der Waals surface area contributed by atoms with Gasteiger partial charge in [-0.15, -0.1) is 0 Å². The molecule has 1 rings (SSSR count). The molecule has 5 heteroatoms. The van der Waals surface area contributed by atoms with Gasteiger partial charge in [-0.05, 0) is 30.7 Å². The molecule has 0 aromatic heterocycles. The molecule has 0 atom stereocenters. The number of carbonyl (C=O) groups is 2. The fourth-order valence-corrected chi connectivity index (χ4v) is 1.27. The molecule has 1 aromatic carbocycles. The topological polar surface area (TPSA) is 63.6 Å². The number of rotatable bonds is 4. The fourth-order valence-electron chi connectivity index (χ4n) is 1.14. The number of halogens is 1. The standard InChI is InChI=1S/C12H11ClO4/c1-2-17-12(16)10(11(14)15)7-8-3-5-9(13)6-4-8/h3-7H,2H2,1H3,(H,14,15). The number of aliphatic carboxylic acids is 1. The first-order valence-electron chi connectivity index (χ1n) is 4.92. The minimum Gasteiger partial charge on any atom is -0.477 e. The number of hydrogen-bond donors (Lipinski definition) is 1. The van der Waals surface area contributed by atoms with Gasteiger partial charge in [0.1, 0.15) is 5.57 Å². The molecule has 90 valence electrons. The number of ether oxygens (including phenoxy) is 1. The Hall–Kier alpha value is -1.81. The highest BCUT2D eigenvalue weighted by Gasteiger charge is 2.18. The Morgan fingerprint density at radius 2 is 1.94 bits per heavy atom. The second-order valence-corrected chi connectivity index (χ2v) is 3.57. The molecular formula is C12H11ClO4. The van der Waals surface area contributed by atoms with Gasteiger partial charge in [-0.3, -0.25) is 0 Å². The first-order chi connectivity index (χ1) is 8.04. The van der Waals surface area contributed by atoms with Gasteiger partial charge in [-0.1, -0.05) is 23.7 Å². The summed E-state index contributed by atoms with van der Waals surface area (Å²) in [7, 11) is 0. The van der Waals surface area contributed by atoms with Crippen molar-refractivity contribution >= 4 is 29.6 Å². The number of carbonyl (C=O) groups excluding carboxylic acids is 1. The average Bonchev–Trinajstić information content (AvgIpc) is 2.28. The summed E-state index contributed by atoms with van der Waals surface area (Å²) in [5.74, 6) is -2.17. The monoisotopic (exact) mass is 254 g/mol. The van der Waals surface area contributed by atoms with Crippen molar-refractivity contribution in [3.8, 4) is 0 Å². The minimum absolute atomic E-state index is 0.129. The third-order valence-corrected chi connectivity index (χ3v) is 2.16. The average molecular weight is 255 g/mol. The lowest BCUT2D eigenvalue weighted by Crippen LogP contribution is -2.15. The maximum absolute atomic E-state index is 11.4. The SMILES string of the molecule is CCOC(=O)C(=Cc1ccc(Cl)cc1)C(=O)O. The highest BCUT2D eigenvalue weighted by atomic mass is 35.5. The molecule has 0 heterocycles. The smallest absolute Gasteiger partial charge is 0.345 e. The lowest BCUT2D eigenvalue weighted by molar-refractivity contribution is -0.143. The molecule has 4 nitrogen and oxygen atoms in total. The van der Waals surface area contributed by atoms with Crippen molar-refractivity contribution in [1.29, 1.82) is 0 Å². The number of carboxylic acids is 1. The van der Waals surface area contributed by atoms with Crippen LogP contribution in [0.25, 0.3) is 6.08 Å². The van der Waals surface area contributed by atoms with E-state index in [1.165, 1.54) is 6.08 Å². The summed E-state index contributed by atoms with van der Waals surface area (Å²) in [4.78, 5) is 22.3. The predicted octanol–water partition coefficient (Wildman–Crippen LogP) is 2.37. The van der Waals surface area contributed by atoms with E-state index in [1.807, 2.05) is 0 Å². The highest BCUT2D eigenvalue weighted by molar-refractivity contribution is 6.30. The van der Waals surface area contributed by atoms with E-state index in [4.69, 9.17) is 16.7 Å². The summed E-state index contributed by atoms with van der Waals surface area (Å²) in [6.07, 6.45) is 1.25. The number of benzene rings is 1. The van der Waals surface area contributed by atoms with Gasteiger partial charge < -0.3 is 9.84 Å². The highest BCUT2D eigenvalue weighted by Crippen LogP contribution is 2.13. The molecule has 17 heavy (non-hydrogen) atoms. The zero-order valence-electron chi connectivity index (χ0n) is 9.14. The number of hydrogen-bond acceptors (Lipinski definition) is 3. The molecular weight excluding hydrogens is 244 g/mol. The first-order valence-corrected chi connectivity index (χ1v) is 5.30. The van der Waals surface area contributed by atoms with E-state index in [0.29, 0.717) is 10.6 Å². The zero-order chi connectivity index (χ0) is 12.8. The summed E-state index contributed by atoms with van der Waals surface area (Å²) >= 11 is 5.69. The Bertz CT molecular complexity index is 448. The Morgan fingerprint density at radius 3 is 2.41 bits per heavy atom. The quantitative estimate of drug-likeness (QED) is 0.388. The van der Waals surface area contributed by atoms with Crippen molar-refractivity contribution in [2.24, 2.45) is 0 Å². The third-order valence-electron chi connectivity index (χ3n) is 1.91. The lowest BCUT2D eigenvalue weighted by Gasteiger charge is -2.02. The molecule has 0 aliphatic carbocycles. The summed E-state index contributed by atoms with van der Waals surface area (Å²) in [6.45, 7) is 1.74. The lowest BCUT2D eigenvalue weighted by atomic mass is 10.1. The van der Waals surface area contributed by atoms with Crippen LogP contribution in [0.15, 0.2) is 29.8 Å². The number of esters is 1. The van der Waals surface area contributed by atoms with Gasteiger partial charge in [0, 0.05) is 5.02 Å². The van der Waals surface area contributed by atoms with Gasteiger partial charge in [-0.2, -0.15) is 0 Å². The maximum atomic E-state index is 11.4. The zero-order valence-corrected chi connectivity index (χ0v) is 9.90. The predicted molar refractivity (Wildman–Crippen MR) is 63.7 cm³/mol. The normalized spacial score (nSPS) is 11.1. The van der Waals surface area contributed by atoms with E-state index in [2.05, 4.69) is 4.74 Å². The van der Waals surface area contributed by atoms with Gasteiger partial charge in [0.05, 0.1) is 6.61 Å². The van der Waals surface area contributed by atoms with Gasteiger partial charge in [-0.25, -0.2) is 9.59 Å². The van der Waals surface area contributed by atoms with Crippen LogP contribution in [0.3, 0.4) is 0 Å². The minimum atomic E-state index is -1.32. The van der Waals surface area contributed by atoms with Gasteiger partial charge in [0.25, 0.3) is 0 Å². The molecule has 0 saturated heterocycles. The molecule has 0 saturated carbocycles. The van der Waals surface area contributed by atoms with Crippen molar-refractivity contribution in [2.45, 2.75) is 6.92 Å². The molecule has 0 amide bonds. The second kappa shape index (κ2) is 6.06. The molecule has 0 radical (unpaired) electrons. The van der Waals surface area contributed by atoms with Crippen LogP contribution in [0.5, 0.6) is 0 Å². The maximum Gasteiger partial charge on any atom is 0.345 e. The van der Waals surface area contributed by atoms with Gasteiger partial charge >= 0.3 is 11.9 Å². The molecule has 1 aromatic rings. The molecule has 0 aliphatic rings. The van der Waals surface area contributed by atoms with Crippen LogP contribution in [0.2, 0.25) is 5.02 Å². The third kappa shape index (κ3) is 3.92. The van der Waals surface area contributed by atoms with E-state index in [1.54, 1.807) is 31.2 Å². The summed E-state index contributed by atoms with van der Waals surface area (Å²) in [5, 5.41) is 9.43. The van der Waals surface area contributed by atoms with Crippen LogP contribution < -0.4 is 0 Å². The van der Waals surface area contributed by atoms with E-state index >= 15 is 0 Å². The molecule has 0 bridgehead atoms. The summed E-state index contributed by atoms with van der Waals surface area (Å²) in [5.41, 5.74) is 0.161. The molecule has 0 spiro atoms. The molecule has 0 fully saturated rings. The van der Waals surface area contributed by atoms with Crippen LogP contribution in [0.4, 0.5) is 0 Å². The fraction of sp³-hybridized carbons (Fsp3) is 0.167. The first kappa shape index (κ1) is 13.3.